The Morgan fingerprint density at radius 2 is 1.75 bits per heavy atom. The van der Waals surface area contributed by atoms with Gasteiger partial charge in [0, 0.05) is 16.8 Å². The number of carbonyl (C=O) groups is 3. The van der Waals surface area contributed by atoms with Gasteiger partial charge in [0.2, 0.25) is 0 Å². The molecule has 3 N–H and O–H groups in total. The third-order valence-corrected chi connectivity index (χ3v) is 5.18. The Labute approximate surface area is 163 Å². The fraction of sp³-hybridized carbons (Fsp3) is 0.318. The van der Waals surface area contributed by atoms with Gasteiger partial charge in [0.15, 0.2) is 5.78 Å². The van der Waals surface area contributed by atoms with E-state index in [0.717, 1.165) is 17.5 Å². The highest BCUT2D eigenvalue weighted by atomic mass is 16.4. The summed E-state index contributed by atoms with van der Waals surface area (Å²) in [5.74, 6) is -2.52. The van der Waals surface area contributed by atoms with E-state index >= 15 is 0 Å². The summed E-state index contributed by atoms with van der Waals surface area (Å²) in [5, 5.41) is 21.3. The number of phenols is 1. The number of aromatic hydroxyl groups is 1. The Balaban J connectivity index is 2.07. The molecule has 0 spiro atoms. The largest absolute Gasteiger partial charge is 0.508 e. The minimum atomic E-state index is -1.55. The first kappa shape index (κ1) is 19.6. The second-order valence-corrected chi connectivity index (χ2v) is 7.44. The topological polar surface area (TPSA) is 104 Å². The standard InChI is InChI=1S/C22H23NO5/c1-11(2)16-10-13(7-8-18(16)24)20(25)19-12(3)9-17(23-21(26)22(27)28)14-5-4-6-15(14)19/h7-11,24H,4-6H2,1-3H3,(H,23,26)(H,27,28). The predicted molar refractivity (Wildman–Crippen MR) is 105 cm³/mol. The van der Waals surface area contributed by atoms with E-state index in [0.29, 0.717) is 40.8 Å². The molecular formula is C22H23NO5. The monoisotopic (exact) mass is 381 g/mol. The molecule has 146 valence electrons. The van der Waals surface area contributed by atoms with E-state index in [2.05, 4.69) is 5.32 Å². The smallest absolute Gasteiger partial charge is 0.394 e. The number of amides is 1. The quantitative estimate of drug-likeness (QED) is 0.555. The van der Waals surface area contributed by atoms with Crippen molar-refractivity contribution < 1.29 is 24.6 Å². The molecule has 6 heteroatoms. The number of nitrogens with one attached hydrogen (secondary N) is 1. The fourth-order valence-corrected chi connectivity index (χ4v) is 3.84. The Kier molecular flexibility index (Phi) is 5.23. The van der Waals surface area contributed by atoms with Gasteiger partial charge in [-0.3, -0.25) is 9.59 Å². The van der Waals surface area contributed by atoms with E-state index in [1.165, 1.54) is 0 Å². The van der Waals surface area contributed by atoms with Gasteiger partial charge in [0.25, 0.3) is 0 Å². The molecule has 2 aromatic rings. The summed E-state index contributed by atoms with van der Waals surface area (Å²) in [7, 11) is 0. The zero-order valence-electron chi connectivity index (χ0n) is 16.1. The highest BCUT2D eigenvalue weighted by molar-refractivity contribution is 6.36. The van der Waals surface area contributed by atoms with Crippen molar-refractivity contribution in [3.63, 3.8) is 0 Å². The van der Waals surface area contributed by atoms with E-state index in [-0.39, 0.29) is 17.5 Å². The summed E-state index contributed by atoms with van der Waals surface area (Å²) >= 11 is 0. The van der Waals surface area contributed by atoms with Gasteiger partial charge in [-0.2, -0.15) is 0 Å². The van der Waals surface area contributed by atoms with E-state index in [4.69, 9.17) is 5.11 Å². The number of hydrogen-bond acceptors (Lipinski definition) is 4. The lowest BCUT2D eigenvalue weighted by Crippen LogP contribution is -2.23. The fourth-order valence-electron chi connectivity index (χ4n) is 3.84. The van der Waals surface area contributed by atoms with Gasteiger partial charge in [-0.1, -0.05) is 13.8 Å². The zero-order chi connectivity index (χ0) is 20.6. The van der Waals surface area contributed by atoms with E-state index < -0.39 is 11.9 Å². The van der Waals surface area contributed by atoms with Gasteiger partial charge < -0.3 is 15.5 Å². The summed E-state index contributed by atoms with van der Waals surface area (Å²) in [4.78, 5) is 35.8. The average molecular weight is 381 g/mol. The van der Waals surface area contributed by atoms with Crippen LogP contribution in [-0.2, 0) is 22.4 Å². The average Bonchev–Trinajstić information content (AvgIpc) is 3.11. The lowest BCUT2D eigenvalue weighted by Gasteiger charge is -2.17. The van der Waals surface area contributed by atoms with Gasteiger partial charge in [0.05, 0.1) is 0 Å². The summed E-state index contributed by atoms with van der Waals surface area (Å²) < 4.78 is 0. The minimum absolute atomic E-state index is 0.0770. The first-order valence-electron chi connectivity index (χ1n) is 9.28. The van der Waals surface area contributed by atoms with Gasteiger partial charge in [-0.25, -0.2) is 4.79 Å². The molecule has 2 aromatic carbocycles. The first-order valence-corrected chi connectivity index (χ1v) is 9.28. The van der Waals surface area contributed by atoms with Crippen molar-refractivity contribution >= 4 is 23.3 Å². The lowest BCUT2D eigenvalue weighted by atomic mass is 9.89. The van der Waals surface area contributed by atoms with Crippen LogP contribution in [0.15, 0.2) is 24.3 Å². The Morgan fingerprint density at radius 1 is 1.07 bits per heavy atom. The molecule has 3 rings (SSSR count). The van der Waals surface area contributed by atoms with Crippen molar-refractivity contribution in [2.75, 3.05) is 5.32 Å². The number of phenolic OH excluding ortho intramolecular Hbond substituents is 1. The molecule has 0 saturated heterocycles. The number of aliphatic carboxylic acids is 1. The molecule has 0 atom stereocenters. The molecule has 0 unspecified atom stereocenters. The molecule has 0 radical (unpaired) electrons. The second-order valence-electron chi connectivity index (χ2n) is 7.44. The van der Waals surface area contributed by atoms with Crippen LogP contribution < -0.4 is 5.32 Å². The molecule has 1 amide bonds. The number of anilines is 1. The minimum Gasteiger partial charge on any atom is -0.508 e. The summed E-state index contributed by atoms with van der Waals surface area (Å²) in [5.41, 5.74) is 4.65. The van der Waals surface area contributed by atoms with Crippen LogP contribution in [0.1, 0.15) is 64.4 Å². The third kappa shape index (κ3) is 3.50. The molecule has 0 saturated carbocycles. The zero-order valence-corrected chi connectivity index (χ0v) is 16.1. The van der Waals surface area contributed by atoms with Crippen molar-refractivity contribution in [2.45, 2.75) is 46.0 Å². The molecule has 1 aliphatic rings. The third-order valence-electron chi connectivity index (χ3n) is 5.18. The highest BCUT2D eigenvalue weighted by Gasteiger charge is 2.27. The molecule has 0 fully saturated rings. The molecule has 6 nitrogen and oxygen atoms in total. The number of aryl methyl sites for hydroxylation is 1. The maximum Gasteiger partial charge on any atom is 0.394 e. The van der Waals surface area contributed by atoms with Gasteiger partial charge in [-0.15, -0.1) is 0 Å². The van der Waals surface area contributed by atoms with Crippen LogP contribution in [-0.4, -0.2) is 27.9 Å². The normalized spacial score (nSPS) is 12.7. The van der Waals surface area contributed by atoms with E-state index in [1.54, 1.807) is 31.2 Å². The number of carboxylic acid groups (broad SMARTS) is 1. The molecule has 0 aliphatic heterocycles. The van der Waals surface area contributed by atoms with Gasteiger partial charge in [0.1, 0.15) is 5.75 Å². The summed E-state index contributed by atoms with van der Waals surface area (Å²) in [6, 6.07) is 6.55. The van der Waals surface area contributed by atoms with Crippen LogP contribution in [0, 0.1) is 6.92 Å². The Bertz CT molecular complexity index is 991. The van der Waals surface area contributed by atoms with Crippen molar-refractivity contribution in [3.8, 4) is 5.75 Å². The van der Waals surface area contributed by atoms with Gasteiger partial charge >= 0.3 is 11.9 Å². The van der Waals surface area contributed by atoms with E-state index in [9.17, 15) is 19.5 Å². The lowest BCUT2D eigenvalue weighted by molar-refractivity contribution is -0.147. The van der Waals surface area contributed by atoms with Crippen molar-refractivity contribution in [1.82, 2.24) is 0 Å². The second kappa shape index (κ2) is 7.46. The number of benzene rings is 2. The predicted octanol–water partition coefficient (Wildman–Crippen LogP) is 3.57. The van der Waals surface area contributed by atoms with Crippen LogP contribution in [0.4, 0.5) is 5.69 Å². The van der Waals surface area contributed by atoms with Crippen LogP contribution in [0.2, 0.25) is 0 Å². The van der Waals surface area contributed by atoms with Crippen LogP contribution in [0.5, 0.6) is 5.75 Å². The van der Waals surface area contributed by atoms with Crippen molar-refractivity contribution in [2.24, 2.45) is 0 Å². The SMILES string of the molecule is Cc1cc(NC(=O)C(=O)O)c2c(c1C(=O)c1ccc(O)c(C(C)C)c1)CCC2. The number of ketones is 1. The highest BCUT2D eigenvalue weighted by Crippen LogP contribution is 2.36. The Morgan fingerprint density at radius 3 is 2.39 bits per heavy atom. The van der Waals surface area contributed by atoms with Gasteiger partial charge in [-0.05, 0) is 78.6 Å². The summed E-state index contributed by atoms with van der Waals surface area (Å²) in [6.07, 6.45) is 2.21. The first-order chi connectivity index (χ1) is 13.2. The molecular weight excluding hydrogens is 358 g/mol. The van der Waals surface area contributed by atoms with Crippen LogP contribution >= 0.6 is 0 Å². The number of hydrogen-bond donors (Lipinski definition) is 3. The maximum absolute atomic E-state index is 13.3. The summed E-state index contributed by atoms with van der Waals surface area (Å²) in [6.45, 7) is 5.68. The Hall–Kier alpha value is -3.15. The molecule has 28 heavy (non-hydrogen) atoms. The molecule has 0 heterocycles. The van der Waals surface area contributed by atoms with Crippen molar-refractivity contribution in [1.29, 1.82) is 0 Å². The van der Waals surface area contributed by atoms with Crippen LogP contribution in [0.25, 0.3) is 0 Å². The van der Waals surface area contributed by atoms with E-state index in [1.807, 2.05) is 13.8 Å². The molecule has 0 bridgehead atoms. The number of fused-ring (bicyclic) bond motifs is 1. The molecule has 0 aromatic heterocycles. The maximum atomic E-state index is 13.3. The van der Waals surface area contributed by atoms with Crippen molar-refractivity contribution in [3.05, 3.63) is 57.6 Å². The number of carboxylic acids is 1. The van der Waals surface area contributed by atoms with Crippen LogP contribution in [0.3, 0.4) is 0 Å². The number of carbonyl (C=O) groups excluding carboxylic acids is 2. The molecule has 1 aliphatic carbocycles. The number of rotatable bonds is 4.